The first-order valence-electron chi connectivity index (χ1n) is 16.6. The van der Waals surface area contributed by atoms with Crippen LogP contribution in [-0.2, 0) is 5.41 Å². The SMILES string of the molecule is CC1(C)c2ccccc2-c2c1cc(-c1cccc(-c3ccccc3-c3ccc4ccc5cccc6ccc3c4c56)c1)c1ccccc21. The Kier molecular flexibility index (Phi) is 5.44. The van der Waals surface area contributed by atoms with Crippen LogP contribution in [0, 0.1) is 0 Å². The van der Waals surface area contributed by atoms with Gasteiger partial charge < -0.3 is 0 Å². The molecule has 0 atom stereocenters. The Morgan fingerprint density at radius 3 is 1.74 bits per heavy atom. The molecule has 0 aromatic heterocycles. The zero-order valence-corrected chi connectivity index (χ0v) is 26.5. The molecule has 0 heteroatoms. The first-order valence-corrected chi connectivity index (χ1v) is 16.6. The highest BCUT2D eigenvalue weighted by Crippen LogP contribution is 2.53. The van der Waals surface area contributed by atoms with Gasteiger partial charge in [-0.1, -0.05) is 159 Å². The number of hydrogen-bond donors (Lipinski definition) is 0. The van der Waals surface area contributed by atoms with E-state index in [1.807, 2.05) is 0 Å². The van der Waals surface area contributed by atoms with Crippen LogP contribution in [0.25, 0.3) is 87.6 Å². The lowest BCUT2D eigenvalue weighted by molar-refractivity contribution is 0.661. The van der Waals surface area contributed by atoms with Crippen molar-refractivity contribution in [1.29, 1.82) is 0 Å². The summed E-state index contributed by atoms with van der Waals surface area (Å²) in [4.78, 5) is 0. The van der Waals surface area contributed by atoms with Gasteiger partial charge in [0, 0.05) is 5.41 Å². The summed E-state index contributed by atoms with van der Waals surface area (Å²) in [6.45, 7) is 4.75. The van der Waals surface area contributed by atoms with E-state index in [1.165, 1.54) is 98.7 Å². The molecule has 0 saturated heterocycles. The molecule has 0 nitrogen and oxygen atoms in total. The first kappa shape index (κ1) is 26.5. The fraction of sp³-hybridized carbons (Fsp3) is 0.0638. The van der Waals surface area contributed by atoms with E-state index in [1.54, 1.807) is 0 Å². The number of fused-ring (bicyclic) bond motifs is 5. The molecule has 10 rings (SSSR count). The molecular formula is C47H32. The van der Waals surface area contributed by atoms with E-state index in [0.717, 1.165) is 0 Å². The minimum Gasteiger partial charge on any atom is -0.0619 e. The fourth-order valence-electron chi connectivity index (χ4n) is 8.58. The van der Waals surface area contributed by atoms with Gasteiger partial charge in [0.2, 0.25) is 0 Å². The van der Waals surface area contributed by atoms with Crippen LogP contribution >= 0.6 is 0 Å². The van der Waals surface area contributed by atoms with Crippen LogP contribution in [0.1, 0.15) is 25.0 Å². The molecule has 0 N–H and O–H groups in total. The summed E-state index contributed by atoms with van der Waals surface area (Å²) >= 11 is 0. The molecule has 1 aliphatic carbocycles. The normalized spacial score (nSPS) is 13.5. The minimum absolute atomic E-state index is 0.0655. The third-order valence-corrected chi connectivity index (χ3v) is 10.8. The number of rotatable bonds is 3. The van der Waals surface area contributed by atoms with Crippen molar-refractivity contribution in [2.45, 2.75) is 19.3 Å². The van der Waals surface area contributed by atoms with Crippen molar-refractivity contribution in [3.63, 3.8) is 0 Å². The molecular weight excluding hydrogens is 565 g/mol. The average molecular weight is 597 g/mol. The van der Waals surface area contributed by atoms with E-state index < -0.39 is 0 Å². The standard InChI is InChI=1S/C47H32/c1-47(2)42-20-8-7-19-40(42)46-38-18-6-5-17-36(38)41(28-43(46)47)33-14-10-13-32(27-33)34-15-3-4-16-35(34)37-25-23-31-22-21-29-11-9-12-30-24-26-39(37)45(31)44(29)30/h3-28H,1-2H3. The zero-order valence-electron chi connectivity index (χ0n) is 26.5. The van der Waals surface area contributed by atoms with Gasteiger partial charge >= 0.3 is 0 Å². The predicted octanol–water partition coefficient (Wildman–Crippen LogP) is 13.0. The highest BCUT2D eigenvalue weighted by Gasteiger charge is 2.37. The molecule has 1 aliphatic rings. The van der Waals surface area contributed by atoms with Crippen molar-refractivity contribution in [2.75, 3.05) is 0 Å². The fourth-order valence-corrected chi connectivity index (χ4v) is 8.58. The molecule has 9 aromatic rings. The van der Waals surface area contributed by atoms with Crippen molar-refractivity contribution < 1.29 is 0 Å². The van der Waals surface area contributed by atoms with Crippen LogP contribution in [-0.4, -0.2) is 0 Å². The van der Waals surface area contributed by atoms with Gasteiger partial charge in [-0.05, 0) is 111 Å². The predicted molar refractivity (Wildman–Crippen MR) is 202 cm³/mol. The van der Waals surface area contributed by atoms with Crippen LogP contribution < -0.4 is 0 Å². The van der Waals surface area contributed by atoms with E-state index in [4.69, 9.17) is 0 Å². The third-order valence-electron chi connectivity index (χ3n) is 10.8. The lowest BCUT2D eigenvalue weighted by Gasteiger charge is -2.23. The van der Waals surface area contributed by atoms with Gasteiger partial charge in [-0.2, -0.15) is 0 Å². The molecule has 0 unspecified atom stereocenters. The summed E-state index contributed by atoms with van der Waals surface area (Å²) in [5.41, 5.74) is 13.1. The van der Waals surface area contributed by atoms with Gasteiger partial charge in [0.15, 0.2) is 0 Å². The van der Waals surface area contributed by atoms with Crippen molar-refractivity contribution >= 4 is 43.1 Å². The Bertz CT molecular complexity index is 2690. The summed E-state index contributed by atoms with van der Waals surface area (Å²) in [6, 6.07) is 58.9. The molecule has 0 aliphatic heterocycles. The second kappa shape index (κ2) is 9.64. The highest BCUT2D eigenvalue weighted by atomic mass is 14.4. The number of benzene rings is 9. The van der Waals surface area contributed by atoms with Gasteiger partial charge in [0.25, 0.3) is 0 Å². The molecule has 0 heterocycles. The highest BCUT2D eigenvalue weighted by molar-refractivity contribution is 6.25. The maximum Gasteiger partial charge on any atom is 0.0159 e. The molecule has 0 fully saturated rings. The topological polar surface area (TPSA) is 0 Å². The first-order chi connectivity index (χ1) is 23.1. The summed E-state index contributed by atoms with van der Waals surface area (Å²) < 4.78 is 0. The second-order valence-electron chi connectivity index (χ2n) is 13.7. The Morgan fingerprint density at radius 2 is 0.936 bits per heavy atom. The molecule has 220 valence electrons. The van der Waals surface area contributed by atoms with Gasteiger partial charge in [-0.3, -0.25) is 0 Å². The van der Waals surface area contributed by atoms with Crippen LogP contribution in [0.2, 0.25) is 0 Å². The second-order valence-corrected chi connectivity index (χ2v) is 13.7. The quantitative estimate of drug-likeness (QED) is 0.178. The summed E-state index contributed by atoms with van der Waals surface area (Å²) in [5.74, 6) is 0. The average Bonchev–Trinajstić information content (AvgIpc) is 3.36. The lowest BCUT2D eigenvalue weighted by atomic mass is 9.80. The van der Waals surface area contributed by atoms with Gasteiger partial charge in [0.05, 0.1) is 0 Å². The summed E-state index contributed by atoms with van der Waals surface area (Å²) in [6.07, 6.45) is 0. The minimum atomic E-state index is -0.0655. The zero-order chi connectivity index (χ0) is 31.3. The molecule has 0 spiro atoms. The summed E-state index contributed by atoms with van der Waals surface area (Å²) in [5, 5.41) is 10.5. The van der Waals surface area contributed by atoms with E-state index in [0.29, 0.717) is 0 Å². The molecule has 0 bridgehead atoms. The van der Waals surface area contributed by atoms with Gasteiger partial charge in [-0.15, -0.1) is 0 Å². The van der Waals surface area contributed by atoms with Gasteiger partial charge in [-0.25, -0.2) is 0 Å². The Balaban J connectivity index is 1.18. The molecule has 0 saturated carbocycles. The Morgan fingerprint density at radius 1 is 0.340 bits per heavy atom. The molecule has 0 radical (unpaired) electrons. The maximum atomic E-state index is 2.48. The monoisotopic (exact) mass is 596 g/mol. The van der Waals surface area contributed by atoms with Crippen molar-refractivity contribution in [3.8, 4) is 44.5 Å². The lowest BCUT2D eigenvalue weighted by Crippen LogP contribution is -2.15. The summed E-state index contributed by atoms with van der Waals surface area (Å²) in [7, 11) is 0. The Labute approximate surface area is 274 Å². The third kappa shape index (κ3) is 3.70. The van der Waals surface area contributed by atoms with Crippen molar-refractivity contribution in [1.82, 2.24) is 0 Å². The van der Waals surface area contributed by atoms with Crippen LogP contribution in [0.3, 0.4) is 0 Å². The van der Waals surface area contributed by atoms with E-state index in [9.17, 15) is 0 Å². The van der Waals surface area contributed by atoms with Crippen LogP contribution in [0.15, 0.2) is 158 Å². The van der Waals surface area contributed by atoms with E-state index in [-0.39, 0.29) is 5.41 Å². The van der Waals surface area contributed by atoms with E-state index >= 15 is 0 Å². The largest absolute Gasteiger partial charge is 0.0619 e. The molecule has 47 heavy (non-hydrogen) atoms. The Hall–Kier alpha value is -5.72. The van der Waals surface area contributed by atoms with Crippen molar-refractivity contribution in [3.05, 3.63) is 169 Å². The van der Waals surface area contributed by atoms with Crippen molar-refractivity contribution in [2.24, 2.45) is 0 Å². The van der Waals surface area contributed by atoms with E-state index in [2.05, 4.69) is 172 Å². The molecule has 0 amide bonds. The number of hydrogen-bond acceptors (Lipinski definition) is 0. The van der Waals surface area contributed by atoms with Crippen LogP contribution in [0.4, 0.5) is 0 Å². The van der Waals surface area contributed by atoms with Gasteiger partial charge in [0.1, 0.15) is 0 Å². The molecule has 9 aromatic carbocycles. The maximum absolute atomic E-state index is 2.48. The smallest absolute Gasteiger partial charge is 0.0159 e. The van der Waals surface area contributed by atoms with Crippen LogP contribution in [0.5, 0.6) is 0 Å².